The highest BCUT2D eigenvalue weighted by Crippen LogP contribution is 2.21. The Morgan fingerprint density at radius 2 is 2.29 bits per heavy atom. The van der Waals surface area contributed by atoms with Crippen molar-refractivity contribution in [2.24, 2.45) is 0 Å². The van der Waals surface area contributed by atoms with Crippen molar-refractivity contribution >= 4 is 17.2 Å². The summed E-state index contributed by atoms with van der Waals surface area (Å²) in [6.45, 7) is 3.20. The van der Waals surface area contributed by atoms with E-state index in [-0.39, 0.29) is 11.4 Å². The van der Waals surface area contributed by atoms with Crippen LogP contribution in [0.5, 0.6) is 0 Å². The van der Waals surface area contributed by atoms with Crippen molar-refractivity contribution in [1.82, 2.24) is 4.98 Å². The van der Waals surface area contributed by atoms with Crippen LogP contribution in [0.25, 0.3) is 5.57 Å². The topological polar surface area (TPSA) is 93.3 Å². The van der Waals surface area contributed by atoms with Gasteiger partial charge in [0.2, 0.25) is 0 Å². The van der Waals surface area contributed by atoms with Crippen molar-refractivity contribution < 1.29 is 14.8 Å². The van der Waals surface area contributed by atoms with Crippen LogP contribution in [-0.4, -0.2) is 21.0 Å². The molecule has 6 heteroatoms. The largest absolute Gasteiger partial charge is 0.478 e. The molecular formula is C8H6N2O4. The van der Waals surface area contributed by atoms with Crippen molar-refractivity contribution in [3.8, 4) is 0 Å². The third kappa shape index (κ3) is 1.74. The summed E-state index contributed by atoms with van der Waals surface area (Å²) in [6, 6.07) is 2.53. The van der Waals surface area contributed by atoms with Crippen LogP contribution in [-0.2, 0) is 4.79 Å². The molecule has 1 N–H and O–H groups in total. The Balaban J connectivity index is 3.27. The Morgan fingerprint density at radius 1 is 1.64 bits per heavy atom. The van der Waals surface area contributed by atoms with Gasteiger partial charge >= 0.3 is 5.97 Å². The summed E-state index contributed by atoms with van der Waals surface area (Å²) in [6.07, 6.45) is 1.27. The molecule has 0 aliphatic carbocycles. The minimum absolute atomic E-state index is 0.218. The maximum absolute atomic E-state index is 10.5. The molecule has 0 aliphatic heterocycles. The van der Waals surface area contributed by atoms with Crippen molar-refractivity contribution in [2.45, 2.75) is 0 Å². The van der Waals surface area contributed by atoms with Gasteiger partial charge in [-0.2, -0.15) is 0 Å². The number of carbonyl (C=O) groups is 1. The van der Waals surface area contributed by atoms with E-state index in [1.165, 1.54) is 18.3 Å². The minimum Gasteiger partial charge on any atom is -0.478 e. The molecule has 0 fully saturated rings. The Labute approximate surface area is 78.7 Å². The lowest BCUT2D eigenvalue weighted by Gasteiger charge is -1.99. The lowest BCUT2D eigenvalue weighted by atomic mass is 10.1. The van der Waals surface area contributed by atoms with Gasteiger partial charge in [0, 0.05) is 12.3 Å². The Morgan fingerprint density at radius 3 is 2.79 bits per heavy atom. The zero-order valence-electron chi connectivity index (χ0n) is 7.01. The Hall–Kier alpha value is -2.24. The summed E-state index contributed by atoms with van der Waals surface area (Å²) in [5.41, 5.74) is -0.970. The number of pyridine rings is 1. The number of rotatable bonds is 3. The number of aromatic nitrogens is 1. The van der Waals surface area contributed by atoms with Crippen LogP contribution < -0.4 is 0 Å². The Kier molecular flexibility index (Phi) is 2.57. The number of nitro groups is 1. The summed E-state index contributed by atoms with van der Waals surface area (Å²) >= 11 is 0. The lowest BCUT2D eigenvalue weighted by Crippen LogP contribution is -2.03. The highest BCUT2D eigenvalue weighted by molar-refractivity contribution is 6.14. The number of carboxylic acids is 1. The molecule has 14 heavy (non-hydrogen) atoms. The van der Waals surface area contributed by atoms with Crippen LogP contribution in [0.3, 0.4) is 0 Å². The lowest BCUT2D eigenvalue weighted by molar-refractivity contribution is -0.385. The van der Waals surface area contributed by atoms with Gasteiger partial charge in [-0.3, -0.25) is 10.1 Å². The van der Waals surface area contributed by atoms with Crippen LogP contribution >= 0.6 is 0 Å². The second-order valence-corrected chi connectivity index (χ2v) is 2.41. The molecule has 6 nitrogen and oxygen atoms in total. The molecule has 0 radical (unpaired) electrons. The zero-order valence-corrected chi connectivity index (χ0v) is 7.01. The molecule has 1 heterocycles. The quantitative estimate of drug-likeness (QED) is 0.441. The van der Waals surface area contributed by atoms with E-state index >= 15 is 0 Å². The SMILES string of the molecule is C=C(C(=O)O)c1ncccc1[N+](=O)[O-]. The number of aliphatic carboxylic acids is 1. The second-order valence-electron chi connectivity index (χ2n) is 2.41. The average Bonchev–Trinajstić information content (AvgIpc) is 2.16. The van der Waals surface area contributed by atoms with Gasteiger partial charge in [-0.05, 0) is 6.07 Å². The third-order valence-corrected chi connectivity index (χ3v) is 1.53. The highest BCUT2D eigenvalue weighted by atomic mass is 16.6. The van der Waals surface area contributed by atoms with E-state index in [9.17, 15) is 14.9 Å². The molecule has 0 aromatic carbocycles. The van der Waals surface area contributed by atoms with Crippen LogP contribution in [0.15, 0.2) is 24.9 Å². The van der Waals surface area contributed by atoms with Crippen LogP contribution in [0.2, 0.25) is 0 Å². The number of nitrogens with zero attached hydrogens (tertiary/aromatic N) is 2. The van der Waals surface area contributed by atoms with Gasteiger partial charge in [-0.15, -0.1) is 0 Å². The summed E-state index contributed by atoms with van der Waals surface area (Å²) in [7, 11) is 0. The van der Waals surface area contributed by atoms with Gasteiger partial charge < -0.3 is 5.11 Å². The molecule has 1 aromatic rings. The molecule has 0 bridgehead atoms. The zero-order chi connectivity index (χ0) is 10.7. The van der Waals surface area contributed by atoms with Crippen LogP contribution in [0, 0.1) is 10.1 Å². The second kappa shape index (κ2) is 3.65. The van der Waals surface area contributed by atoms with Crippen LogP contribution in [0.4, 0.5) is 5.69 Å². The fourth-order valence-corrected chi connectivity index (χ4v) is 0.878. The van der Waals surface area contributed by atoms with Crippen LogP contribution in [0.1, 0.15) is 5.69 Å². The maximum atomic E-state index is 10.5. The first kappa shape index (κ1) is 9.85. The molecule has 0 unspecified atom stereocenters. The van der Waals surface area contributed by atoms with E-state index in [1.54, 1.807) is 0 Å². The standard InChI is InChI=1S/C8H6N2O4/c1-5(8(11)12)7-6(10(13)14)3-2-4-9-7/h2-4H,1H2,(H,11,12). The van der Waals surface area contributed by atoms with E-state index in [0.29, 0.717) is 0 Å². The van der Waals surface area contributed by atoms with E-state index < -0.39 is 16.5 Å². The summed E-state index contributed by atoms with van der Waals surface area (Å²) in [5.74, 6) is -1.33. The van der Waals surface area contributed by atoms with Gasteiger partial charge in [0.25, 0.3) is 5.69 Å². The third-order valence-electron chi connectivity index (χ3n) is 1.53. The molecule has 0 amide bonds. The van der Waals surface area contributed by atoms with Crippen molar-refractivity contribution in [3.05, 3.63) is 40.7 Å². The number of carboxylic acid groups (broad SMARTS) is 1. The highest BCUT2D eigenvalue weighted by Gasteiger charge is 2.20. The molecule has 0 atom stereocenters. The van der Waals surface area contributed by atoms with E-state index in [1.807, 2.05) is 0 Å². The molecule has 1 aromatic heterocycles. The van der Waals surface area contributed by atoms with Gasteiger partial charge in [0.05, 0.1) is 10.5 Å². The van der Waals surface area contributed by atoms with Gasteiger partial charge in [0.15, 0.2) is 5.69 Å². The normalized spacial score (nSPS) is 9.43. The molecule has 0 saturated heterocycles. The maximum Gasteiger partial charge on any atom is 0.337 e. The molecule has 0 saturated carbocycles. The first-order chi connectivity index (χ1) is 6.54. The van der Waals surface area contributed by atoms with E-state index in [2.05, 4.69) is 11.6 Å². The smallest absolute Gasteiger partial charge is 0.337 e. The number of hydrogen-bond donors (Lipinski definition) is 1. The first-order valence-corrected chi connectivity index (χ1v) is 3.56. The molecule has 1 rings (SSSR count). The minimum atomic E-state index is -1.33. The Bertz CT molecular complexity index is 414. The predicted octanol–water partition coefficient (Wildman–Crippen LogP) is 1.09. The average molecular weight is 194 g/mol. The number of hydrogen-bond acceptors (Lipinski definition) is 4. The monoisotopic (exact) mass is 194 g/mol. The van der Waals surface area contributed by atoms with E-state index in [0.717, 1.165) is 0 Å². The molecule has 0 spiro atoms. The molecule has 72 valence electrons. The van der Waals surface area contributed by atoms with Crippen molar-refractivity contribution in [2.75, 3.05) is 0 Å². The molecule has 0 aliphatic rings. The molecular weight excluding hydrogens is 188 g/mol. The first-order valence-electron chi connectivity index (χ1n) is 3.56. The predicted molar refractivity (Wildman–Crippen MR) is 47.6 cm³/mol. The fraction of sp³-hybridized carbons (Fsp3) is 0. The summed E-state index contributed by atoms with van der Waals surface area (Å²) in [5, 5.41) is 19.1. The fourth-order valence-electron chi connectivity index (χ4n) is 0.878. The summed E-state index contributed by atoms with van der Waals surface area (Å²) in [4.78, 5) is 23.9. The van der Waals surface area contributed by atoms with Gasteiger partial charge in [-0.25, -0.2) is 9.78 Å². The van der Waals surface area contributed by atoms with Crippen molar-refractivity contribution in [3.63, 3.8) is 0 Å². The van der Waals surface area contributed by atoms with E-state index in [4.69, 9.17) is 5.11 Å². The van der Waals surface area contributed by atoms with Gasteiger partial charge in [-0.1, -0.05) is 6.58 Å². The van der Waals surface area contributed by atoms with Gasteiger partial charge in [0.1, 0.15) is 0 Å². The van der Waals surface area contributed by atoms with Crippen molar-refractivity contribution in [1.29, 1.82) is 0 Å². The summed E-state index contributed by atoms with van der Waals surface area (Å²) < 4.78 is 0.